The molecule has 158 valence electrons. The van der Waals surface area contributed by atoms with E-state index in [1.54, 1.807) is 7.11 Å². The maximum Gasteiger partial charge on any atom is 0.134 e. The molecule has 3 heteroatoms. The van der Waals surface area contributed by atoms with E-state index in [0.717, 1.165) is 23.5 Å². The van der Waals surface area contributed by atoms with E-state index >= 15 is 0 Å². The lowest BCUT2D eigenvalue weighted by Gasteiger charge is -2.25. The lowest BCUT2D eigenvalue weighted by Crippen LogP contribution is -2.26. The third kappa shape index (κ3) is 5.56. The van der Waals surface area contributed by atoms with E-state index in [-0.39, 0.29) is 5.60 Å². The van der Waals surface area contributed by atoms with Gasteiger partial charge in [0.15, 0.2) is 0 Å². The van der Waals surface area contributed by atoms with Gasteiger partial charge >= 0.3 is 0 Å². The molecule has 0 radical (unpaired) electrons. The van der Waals surface area contributed by atoms with Crippen molar-refractivity contribution in [3.05, 3.63) is 72.3 Å². The van der Waals surface area contributed by atoms with Gasteiger partial charge in [-0.25, -0.2) is 0 Å². The molecule has 0 bridgehead atoms. The third-order valence-corrected chi connectivity index (χ3v) is 5.34. The molecule has 0 aliphatic rings. The van der Waals surface area contributed by atoms with Crippen molar-refractivity contribution in [2.45, 2.75) is 52.6 Å². The lowest BCUT2D eigenvalue weighted by molar-refractivity contribution is 0.105. The Labute approximate surface area is 180 Å². The summed E-state index contributed by atoms with van der Waals surface area (Å²) >= 11 is 0. The van der Waals surface area contributed by atoms with Crippen LogP contribution in [-0.4, -0.2) is 12.7 Å². The SMILES string of the molecule is CCC(C)(C)Oc1cc(OC)cc(Oc2ccc(-c3ccc(C(C)C)cc3)cc2)c1. The number of hydrogen-bond acceptors (Lipinski definition) is 3. The fourth-order valence-electron chi connectivity index (χ4n) is 3.08. The molecule has 3 nitrogen and oxygen atoms in total. The Kier molecular flexibility index (Phi) is 6.71. The summed E-state index contributed by atoms with van der Waals surface area (Å²) in [6.45, 7) is 10.7. The van der Waals surface area contributed by atoms with Crippen LogP contribution < -0.4 is 14.2 Å². The maximum absolute atomic E-state index is 6.12. The van der Waals surface area contributed by atoms with Crippen LogP contribution in [0.25, 0.3) is 11.1 Å². The van der Waals surface area contributed by atoms with E-state index in [2.05, 4.69) is 71.0 Å². The third-order valence-electron chi connectivity index (χ3n) is 5.34. The van der Waals surface area contributed by atoms with Crippen molar-refractivity contribution in [1.29, 1.82) is 0 Å². The second-order valence-electron chi connectivity index (χ2n) is 8.46. The summed E-state index contributed by atoms with van der Waals surface area (Å²) in [7, 11) is 1.65. The van der Waals surface area contributed by atoms with E-state index in [1.165, 1.54) is 11.1 Å². The number of ether oxygens (including phenoxy) is 3. The zero-order valence-corrected chi connectivity index (χ0v) is 18.9. The molecule has 0 aromatic heterocycles. The summed E-state index contributed by atoms with van der Waals surface area (Å²) in [5, 5.41) is 0. The van der Waals surface area contributed by atoms with E-state index < -0.39 is 0 Å². The second kappa shape index (κ2) is 9.25. The van der Waals surface area contributed by atoms with Crippen LogP contribution in [0.1, 0.15) is 52.5 Å². The van der Waals surface area contributed by atoms with Gasteiger partial charge in [-0.1, -0.05) is 57.2 Å². The highest BCUT2D eigenvalue weighted by molar-refractivity contribution is 5.64. The first-order valence-corrected chi connectivity index (χ1v) is 10.6. The van der Waals surface area contributed by atoms with Crippen LogP contribution in [0.3, 0.4) is 0 Å². The Morgan fingerprint density at radius 1 is 0.733 bits per heavy atom. The first-order valence-electron chi connectivity index (χ1n) is 10.6. The van der Waals surface area contributed by atoms with Gasteiger partial charge in [-0.2, -0.15) is 0 Å². The molecule has 0 fully saturated rings. The van der Waals surface area contributed by atoms with E-state index in [4.69, 9.17) is 14.2 Å². The minimum absolute atomic E-state index is 0.254. The molecular weight excluding hydrogens is 372 g/mol. The molecule has 0 heterocycles. The minimum Gasteiger partial charge on any atom is -0.496 e. The Morgan fingerprint density at radius 2 is 1.27 bits per heavy atom. The molecule has 0 aliphatic heterocycles. The standard InChI is InChI=1S/C27H32O3/c1-7-27(4,5)30-26-17-24(28-6)16-25(18-26)29-23-14-12-22(13-15-23)21-10-8-20(9-11-21)19(2)3/h8-19H,7H2,1-6H3. The summed E-state index contributed by atoms with van der Waals surface area (Å²) in [6, 6.07) is 22.5. The predicted molar refractivity (Wildman–Crippen MR) is 124 cm³/mol. The summed E-state index contributed by atoms with van der Waals surface area (Å²) < 4.78 is 17.6. The van der Waals surface area contributed by atoms with E-state index in [0.29, 0.717) is 17.4 Å². The molecule has 0 spiro atoms. The van der Waals surface area contributed by atoms with Gasteiger partial charge in [0.05, 0.1) is 7.11 Å². The zero-order valence-electron chi connectivity index (χ0n) is 18.9. The molecule has 0 aliphatic carbocycles. The van der Waals surface area contributed by atoms with Crippen LogP contribution in [-0.2, 0) is 0 Å². The van der Waals surface area contributed by atoms with Crippen molar-refractivity contribution in [2.75, 3.05) is 7.11 Å². The van der Waals surface area contributed by atoms with Crippen LogP contribution >= 0.6 is 0 Å². The van der Waals surface area contributed by atoms with Crippen LogP contribution in [0.15, 0.2) is 66.7 Å². The predicted octanol–water partition coefficient (Wildman–Crippen LogP) is 7.85. The first-order chi connectivity index (χ1) is 14.3. The highest BCUT2D eigenvalue weighted by Gasteiger charge is 2.18. The van der Waals surface area contributed by atoms with Gasteiger partial charge in [-0.3, -0.25) is 0 Å². The summed E-state index contributed by atoms with van der Waals surface area (Å²) in [6.07, 6.45) is 0.903. The van der Waals surface area contributed by atoms with Crippen molar-refractivity contribution in [1.82, 2.24) is 0 Å². The average molecular weight is 405 g/mol. The summed E-state index contributed by atoms with van der Waals surface area (Å²) in [4.78, 5) is 0. The summed E-state index contributed by atoms with van der Waals surface area (Å²) in [5.74, 6) is 3.43. The largest absolute Gasteiger partial charge is 0.496 e. The van der Waals surface area contributed by atoms with Crippen molar-refractivity contribution >= 4 is 0 Å². The topological polar surface area (TPSA) is 27.7 Å². The van der Waals surface area contributed by atoms with Gasteiger partial charge in [0.2, 0.25) is 0 Å². The smallest absolute Gasteiger partial charge is 0.134 e. The first kappa shape index (κ1) is 21.8. The molecule has 3 aromatic carbocycles. The summed E-state index contributed by atoms with van der Waals surface area (Å²) in [5.41, 5.74) is 3.46. The fourth-order valence-corrected chi connectivity index (χ4v) is 3.08. The molecule has 30 heavy (non-hydrogen) atoms. The molecule has 0 atom stereocenters. The molecule has 0 amide bonds. The Hall–Kier alpha value is -2.94. The quantitative estimate of drug-likeness (QED) is 0.383. The number of rotatable bonds is 8. The van der Waals surface area contributed by atoms with Gasteiger partial charge in [-0.05, 0) is 55.0 Å². The molecule has 0 N–H and O–H groups in total. The van der Waals surface area contributed by atoms with Gasteiger partial charge in [0.25, 0.3) is 0 Å². The monoisotopic (exact) mass is 404 g/mol. The molecule has 0 unspecified atom stereocenters. The Bertz CT molecular complexity index is 954. The van der Waals surface area contributed by atoms with Gasteiger partial charge in [0.1, 0.15) is 28.6 Å². The normalized spacial score (nSPS) is 11.4. The maximum atomic E-state index is 6.12. The van der Waals surface area contributed by atoms with Crippen molar-refractivity contribution < 1.29 is 14.2 Å². The highest BCUT2D eigenvalue weighted by atomic mass is 16.5. The van der Waals surface area contributed by atoms with Crippen molar-refractivity contribution in [2.24, 2.45) is 0 Å². The van der Waals surface area contributed by atoms with Crippen LogP contribution in [0, 0.1) is 0 Å². The number of benzene rings is 3. The molecule has 0 saturated heterocycles. The van der Waals surface area contributed by atoms with Crippen LogP contribution in [0.5, 0.6) is 23.0 Å². The highest BCUT2D eigenvalue weighted by Crippen LogP contribution is 2.34. The minimum atomic E-state index is -0.254. The number of methoxy groups -OCH3 is 1. The zero-order chi connectivity index (χ0) is 21.7. The average Bonchev–Trinajstić information content (AvgIpc) is 2.74. The van der Waals surface area contributed by atoms with Gasteiger partial charge in [0, 0.05) is 18.2 Å². The van der Waals surface area contributed by atoms with Crippen molar-refractivity contribution in [3.63, 3.8) is 0 Å². The van der Waals surface area contributed by atoms with E-state index in [1.807, 2.05) is 30.3 Å². The lowest BCUT2D eigenvalue weighted by atomic mass is 9.99. The Morgan fingerprint density at radius 3 is 1.80 bits per heavy atom. The van der Waals surface area contributed by atoms with E-state index in [9.17, 15) is 0 Å². The number of hydrogen-bond donors (Lipinski definition) is 0. The molecule has 3 aromatic rings. The molecule has 0 saturated carbocycles. The van der Waals surface area contributed by atoms with Crippen molar-refractivity contribution in [3.8, 4) is 34.1 Å². The molecular formula is C27H32O3. The Balaban J connectivity index is 1.77. The van der Waals surface area contributed by atoms with Gasteiger partial charge in [-0.15, -0.1) is 0 Å². The fraction of sp³-hybridized carbons (Fsp3) is 0.333. The van der Waals surface area contributed by atoms with Gasteiger partial charge < -0.3 is 14.2 Å². The van der Waals surface area contributed by atoms with Crippen LogP contribution in [0.2, 0.25) is 0 Å². The molecule has 3 rings (SSSR count). The second-order valence-corrected chi connectivity index (χ2v) is 8.46. The van der Waals surface area contributed by atoms with Crippen LogP contribution in [0.4, 0.5) is 0 Å².